The number of esters is 4. The summed E-state index contributed by atoms with van der Waals surface area (Å²) in [4.78, 5) is 72.6. The Hall–Kier alpha value is -1.94. The highest BCUT2D eigenvalue weighted by Gasteiger charge is 2.30. The van der Waals surface area contributed by atoms with Crippen molar-refractivity contribution in [2.45, 2.75) is 419 Å². The van der Waals surface area contributed by atoms with Crippen LogP contribution in [-0.2, 0) is 65.4 Å². The fraction of sp³-hybridized carbons (Fsp3) is 0.948. The Morgan fingerprint density at radius 1 is 0.281 bits per heavy atom. The van der Waals surface area contributed by atoms with Gasteiger partial charge in [-0.1, -0.05) is 350 Å². The molecule has 0 radical (unpaired) electrons. The topological polar surface area (TPSA) is 237 Å². The summed E-state index contributed by atoms with van der Waals surface area (Å²) in [5.74, 6) is -0.524. The largest absolute Gasteiger partial charge is 0.472 e. The first-order valence-corrected chi connectivity index (χ1v) is 43.0. The predicted molar refractivity (Wildman–Crippen MR) is 391 cm³/mol. The van der Waals surface area contributed by atoms with Crippen molar-refractivity contribution in [3.63, 3.8) is 0 Å². The van der Waals surface area contributed by atoms with E-state index >= 15 is 0 Å². The molecule has 0 spiro atoms. The highest BCUT2D eigenvalue weighted by Crippen LogP contribution is 2.45. The van der Waals surface area contributed by atoms with E-state index in [0.717, 1.165) is 108 Å². The highest BCUT2D eigenvalue weighted by molar-refractivity contribution is 7.47. The first-order valence-electron chi connectivity index (χ1n) is 40.0. The minimum atomic E-state index is -4.96. The molecule has 0 heterocycles. The number of phosphoric ester groups is 2. The Morgan fingerprint density at radius 2 is 0.479 bits per heavy atom. The van der Waals surface area contributed by atoms with E-state index < -0.39 is 97.5 Å². The van der Waals surface area contributed by atoms with Crippen LogP contribution in [0.3, 0.4) is 0 Å². The number of aliphatic hydroxyl groups excluding tert-OH is 1. The maximum absolute atomic E-state index is 13.1. The van der Waals surface area contributed by atoms with E-state index in [1.807, 2.05) is 0 Å². The number of rotatable bonds is 76. The van der Waals surface area contributed by atoms with Gasteiger partial charge >= 0.3 is 39.5 Å². The second kappa shape index (κ2) is 68.8. The van der Waals surface area contributed by atoms with Gasteiger partial charge in [0.2, 0.25) is 0 Å². The number of hydrogen-bond donors (Lipinski definition) is 3. The summed E-state index contributed by atoms with van der Waals surface area (Å²) in [5, 5.41) is 10.6. The smallest absolute Gasteiger partial charge is 0.462 e. The van der Waals surface area contributed by atoms with Crippen LogP contribution in [-0.4, -0.2) is 96.7 Å². The number of hydrogen-bond acceptors (Lipinski definition) is 15. The molecule has 0 amide bonds. The number of phosphoric acid groups is 2. The lowest BCUT2D eigenvalue weighted by atomic mass is 10.0. The number of aliphatic hydroxyl groups is 1. The summed E-state index contributed by atoms with van der Waals surface area (Å²) in [7, 11) is -9.90. The van der Waals surface area contributed by atoms with Crippen LogP contribution in [0.25, 0.3) is 0 Å². The lowest BCUT2D eigenvalue weighted by molar-refractivity contribution is -0.161. The van der Waals surface area contributed by atoms with E-state index in [2.05, 4.69) is 41.5 Å². The Kier molecular flexibility index (Phi) is 67.4. The lowest BCUT2D eigenvalue weighted by Gasteiger charge is -2.21. The molecule has 0 saturated carbocycles. The fourth-order valence-corrected chi connectivity index (χ4v) is 13.4. The van der Waals surface area contributed by atoms with Crippen molar-refractivity contribution in [1.82, 2.24) is 0 Å². The predicted octanol–water partition coefficient (Wildman–Crippen LogP) is 22.7. The summed E-state index contributed by atoms with van der Waals surface area (Å²) in [6, 6.07) is 0. The van der Waals surface area contributed by atoms with E-state index in [1.165, 1.54) is 212 Å². The van der Waals surface area contributed by atoms with E-state index in [0.29, 0.717) is 25.7 Å². The maximum atomic E-state index is 13.1. The van der Waals surface area contributed by atoms with E-state index in [-0.39, 0.29) is 25.7 Å². The van der Waals surface area contributed by atoms with Crippen molar-refractivity contribution in [3.8, 4) is 0 Å². The van der Waals surface area contributed by atoms with Crippen molar-refractivity contribution in [2.75, 3.05) is 39.6 Å². The minimum Gasteiger partial charge on any atom is -0.462 e. The molecule has 2 unspecified atom stereocenters. The molecule has 0 aliphatic carbocycles. The maximum Gasteiger partial charge on any atom is 0.472 e. The zero-order valence-electron chi connectivity index (χ0n) is 62.7. The summed E-state index contributed by atoms with van der Waals surface area (Å²) in [5.41, 5.74) is 0. The Labute approximate surface area is 588 Å². The molecule has 0 fully saturated rings. The third-order valence-corrected chi connectivity index (χ3v) is 19.9. The number of ether oxygens (including phenoxy) is 4. The van der Waals surface area contributed by atoms with Gasteiger partial charge in [-0.25, -0.2) is 9.13 Å². The molecule has 570 valence electrons. The second-order valence-electron chi connectivity index (χ2n) is 28.7. The molecule has 0 aromatic carbocycles. The third kappa shape index (κ3) is 70.5. The monoisotopic (exact) mass is 1410 g/mol. The molecular formula is C77H150O17P2. The Balaban J connectivity index is 5.13. The van der Waals surface area contributed by atoms with Crippen LogP contribution in [0.5, 0.6) is 0 Å². The third-order valence-electron chi connectivity index (χ3n) is 18.0. The lowest BCUT2D eigenvalue weighted by Crippen LogP contribution is -2.30. The average molecular weight is 1410 g/mol. The molecule has 17 nitrogen and oxygen atoms in total. The standard InChI is InChI=1S/C77H150O17P2/c1-7-9-11-13-14-15-16-17-18-22-27-33-38-43-49-55-61-76(81)93-72(65-87-74(79)59-53-45-12-10-8-2)67-91-95(83,84)89-63-71(78)64-90-96(85,86)92-68-73(66-88-75(80)60-54-48-42-37-32-29-24-26-31-36-41-47-52-58-70(5)6)94-77(82)62-56-50-44-39-34-28-23-20-19-21-25-30-35-40-46-51-57-69(3)4/h69-73,78H,7-68H2,1-6H3,(H,83,84)(H,85,86)/t71-,72+,73+/m0/s1. The van der Waals surface area contributed by atoms with Crippen molar-refractivity contribution in [1.29, 1.82) is 0 Å². The molecule has 0 aliphatic heterocycles. The van der Waals surface area contributed by atoms with Gasteiger partial charge in [0.05, 0.1) is 26.4 Å². The number of carbonyl (C=O) groups is 4. The van der Waals surface area contributed by atoms with Gasteiger partial charge in [-0.05, 0) is 37.5 Å². The molecule has 0 aliphatic rings. The average Bonchev–Trinajstić information content (AvgIpc) is 1.16. The van der Waals surface area contributed by atoms with Crippen LogP contribution >= 0.6 is 15.6 Å². The molecule has 0 aromatic heterocycles. The van der Waals surface area contributed by atoms with Crippen LogP contribution in [0.1, 0.15) is 401 Å². The van der Waals surface area contributed by atoms with Crippen LogP contribution in [0, 0.1) is 11.8 Å². The molecule has 0 rings (SSSR count). The SMILES string of the molecule is CCCCCCCCCCCCCCCCCCC(=O)O[C@H](COC(=O)CCCCCCC)COP(=O)(O)OC[C@H](O)COP(=O)(O)OC[C@@H](COC(=O)CCCCCCCCCCCCCCCC(C)C)OC(=O)CCCCCCCCCCCCCCCCCCC(C)C. The normalized spacial score (nSPS) is 14.0. The summed E-state index contributed by atoms with van der Waals surface area (Å²) in [6.07, 6.45) is 57.3. The number of unbranched alkanes of at least 4 members (excludes halogenated alkanes) is 46. The van der Waals surface area contributed by atoms with Crippen molar-refractivity contribution < 1.29 is 80.2 Å². The molecule has 96 heavy (non-hydrogen) atoms. The quantitative estimate of drug-likeness (QED) is 0.0222. The summed E-state index contributed by atoms with van der Waals surface area (Å²) in [6.45, 7) is 9.57. The highest BCUT2D eigenvalue weighted by atomic mass is 31.2. The summed E-state index contributed by atoms with van der Waals surface area (Å²) < 4.78 is 68.4. The molecular weight excluding hydrogens is 1260 g/mol. The van der Waals surface area contributed by atoms with E-state index in [9.17, 15) is 43.2 Å². The molecule has 0 aromatic rings. The van der Waals surface area contributed by atoms with E-state index in [4.69, 9.17) is 37.0 Å². The van der Waals surface area contributed by atoms with Gasteiger partial charge in [0.15, 0.2) is 12.2 Å². The molecule has 5 atom stereocenters. The van der Waals surface area contributed by atoms with Gasteiger partial charge in [-0.3, -0.25) is 37.3 Å². The summed E-state index contributed by atoms with van der Waals surface area (Å²) >= 11 is 0. The second-order valence-corrected chi connectivity index (χ2v) is 31.6. The molecule has 3 N–H and O–H groups in total. The van der Waals surface area contributed by atoms with Crippen LogP contribution in [0.4, 0.5) is 0 Å². The van der Waals surface area contributed by atoms with Crippen LogP contribution in [0.2, 0.25) is 0 Å². The van der Waals surface area contributed by atoms with Gasteiger partial charge in [0.1, 0.15) is 19.3 Å². The van der Waals surface area contributed by atoms with E-state index in [1.54, 1.807) is 0 Å². The van der Waals surface area contributed by atoms with Gasteiger partial charge in [-0.2, -0.15) is 0 Å². The molecule has 19 heteroatoms. The van der Waals surface area contributed by atoms with Gasteiger partial charge < -0.3 is 33.8 Å². The first-order chi connectivity index (χ1) is 46.4. The molecule has 0 saturated heterocycles. The van der Waals surface area contributed by atoms with Crippen molar-refractivity contribution in [3.05, 3.63) is 0 Å². The van der Waals surface area contributed by atoms with Crippen molar-refractivity contribution >= 4 is 39.5 Å². The van der Waals surface area contributed by atoms with Gasteiger partial charge in [0, 0.05) is 25.7 Å². The van der Waals surface area contributed by atoms with Crippen molar-refractivity contribution in [2.24, 2.45) is 11.8 Å². The van der Waals surface area contributed by atoms with Crippen LogP contribution in [0.15, 0.2) is 0 Å². The van der Waals surface area contributed by atoms with Crippen LogP contribution < -0.4 is 0 Å². The Bertz CT molecular complexity index is 1860. The first kappa shape index (κ1) is 94.1. The van der Waals surface area contributed by atoms with Gasteiger partial charge in [0.25, 0.3) is 0 Å². The molecule has 0 bridgehead atoms. The zero-order chi connectivity index (χ0) is 70.7. The fourth-order valence-electron chi connectivity index (χ4n) is 11.8. The number of carbonyl (C=O) groups excluding carboxylic acids is 4. The Morgan fingerprint density at radius 3 is 0.708 bits per heavy atom. The zero-order valence-corrected chi connectivity index (χ0v) is 64.5. The minimum absolute atomic E-state index is 0.107. The van der Waals surface area contributed by atoms with Gasteiger partial charge in [-0.15, -0.1) is 0 Å².